The summed E-state index contributed by atoms with van der Waals surface area (Å²) in [6.07, 6.45) is 1.00. The van der Waals surface area contributed by atoms with Crippen LogP contribution < -0.4 is 5.32 Å². The van der Waals surface area contributed by atoms with Gasteiger partial charge in [-0.25, -0.2) is 0 Å². The van der Waals surface area contributed by atoms with Gasteiger partial charge in [0.25, 0.3) is 0 Å². The third-order valence-corrected chi connectivity index (χ3v) is 3.43. The van der Waals surface area contributed by atoms with Crippen molar-refractivity contribution in [3.63, 3.8) is 0 Å². The van der Waals surface area contributed by atoms with E-state index >= 15 is 0 Å². The van der Waals surface area contributed by atoms with Gasteiger partial charge in [0.2, 0.25) is 0 Å². The van der Waals surface area contributed by atoms with E-state index in [1.54, 1.807) is 14.2 Å². The monoisotopic (exact) mass is 221 g/mol. The lowest BCUT2D eigenvalue weighted by Gasteiger charge is -2.42. The van der Waals surface area contributed by atoms with E-state index in [4.69, 9.17) is 9.47 Å². The van der Waals surface area contributed by atoms with Crippen molar-refractivity contribution in [1.82, 2.24) is 5.32 Å². The Bertz CT molecular complexity index is 328. The van der Waals surface area contributed by atoms with Crippen LogP contribution in [0.3, 0.4) is 0 Å². The van der Waals surface area contributed by atoms with Gasteiger partial charge in [0, 0.05) is 20.8 Å². The van der Waals surface area contributed by atoms with Crippen LogP contribution in [0, 0.1) is 0 Å². The molecule has 2 rings (SSSR count). The molecule has 1 heterocycles. The van der Waals surface area contributed by atoms with Gasteiger partial charge >= 0.3 is 0 Å². The van der Waals surface area contributed by atoms with Crippen molar-refractivity contribution in [2.45, 2.75) is 18.1 Å². The van der Waals surface area contributed by atoms with Crippen LogP contribution in [0.25, 0.3) is 0 Å². The largest absolute Gasteiger partial charge is 0.377 e. The van der Waals surface area contributed by atoms with Gasteiger partial charge in [0.1, 0.15) is 11.7 Å². The Morgan fingerprint density at radius 2 is 2.00 bits per heavy atom. The zero-order valence-electron chi connectivity index (χ0n) is 9.90. The molecule has 1 aromatic rings. The number of hydrogen-bond acceptors (Lipinski definition) is 3. The molecule has 1 fully saturated rings. The van der Waals surface area contributed by atoms with Crippen molar-refractivity contribution in [3.8, 4) is 0 Å². The minimum atomic E-state index is -0.304. The molecular weight excluding hydrogens is 202 g/mol. The number of benzene rings is 1. The summed E-state index contributed by atoms with van der Waals surface area (Å²) in [5.74, 6) is 0. The van der Waals surface area contributed by atoms with E-state index in [0.717, 1.165) is 19.5 Å². The zero-order valence-corrected chi connectivity index (χ0v) is 9.90. The van der Waals surface area contributed by atoms with Gasteiger partial charge in [-0.05, 0) is 18.5 Å². The highest BCUT2D eigenvalue weighted by atomic mass is 16.5. The molecule has 16 heavy (non-hydrogen) atoms. The van der Waals surface area contributed by atoms with Gasteiger partial charge < -0.3 is 14.8 Å². The number of nitrogens with one attached hydrogen (secondary N) is 1. The minimum Gasteiger partial charge on any atom is -0.377 e. The molecule has 0 aliphatic carbocycles. The molecule has 1 aromatic carbocycles. The highest BCUT2D eigenvalue weighted by molar-refractivity contribution is 5.25. The van der Waals surface area contributed by atoms with Crippen LogP contribution in [-0.2, 0) is 15.1 Å². The molecule has 0 aromatic heterocycles. The Kier molecular flexibility index (Phi) is 3.59. The fraction of sp³-hybridized carbons (Fsp3) is 0.538. The van der Waals surface area contributed by atoms with Crippen molar-refractivity contribution in [3.05, 3.63) is 35.9 Å². The second kappa shape index (κ2) is 4.95. The first kappa shape index (κ1) is 11.6. The SMILES string of the molecule is CO[C@@H]1CNCC[C@@]1(OC)c1ccccc1. The highest BCUT2D eigenvalue weighted by Gasteiger charge is 2.42. The average molecular weight is 221 g/mol. The molecule has 0 bridgehead atoms. The van der Waals surface area contributed by atoms with Crippen molar-refractivity contribution in [2.24, 2.45) is 0 Å². The standard InChI is InChI=1S/C13H19NO2/c1-15-12-10-14-9-8-13(12,16-2)11-6-4-3-5-7-11/h3-7,12,14H,8-10H2,1-2H3/t12-,13-/m1/s1. The van der Waals surface area contributed by atoms with E-state index in [9.17, 15) is 0 Å². The molecule has 1 N–H and O–H groups in total. The normalized spacial score (nSPS) is 30.2. The third kappa shape index (κ3) is 1.86. The summed E-state index contributed by atoms with van der Waals surface area (Å²) in [4.78, 5) is 0. The molecule has 3 heteroatoms. The van der Waals surface area contributed by atoms with Gasteiger partial charge in [0.15, 0.2) is 0 Å². The Morgan fingerprint density at radius 1 is 1.25 bits per heavy atom. The van der Waals surface area contributed by atoms with E-state index < -0.39 is 0 Å². The van der Waals surface area contributed by atoms with E-state index in [1.165, 1.54) is 5.56 Å². The maximum Gasteiger partial charge on any atom is 0.121 e. The van der Waals surface area contributed by atoms with Gasteiger partial charge in [-0.1, -0.05) is 30.3 Å². The summed E-state index contributed by atoms with van der Waals surface area (Å²) >= 11 is 0. The zero-order chi connectivity index (χ0) is 11.4. The first-order valence-corrected chi connectivity index (χ1v) is 5.67. The van der Waals surface area contributed by atoms with Crippen LogP contribution in [0.4, 0.5) is 0 Å². The second-order valence-electron chi connectivity index (χ2n) is 4.14. The van der Waals surface area contributed by atoms with E-state index in [2.05, 4.69) is 17.4 Å². The van der Waals surface area contributed by atoms with Crippen LogP contribution in [0.2, 0.25) is 0 Å². The first-order chi connectivity index (χ1) is 7.83. The molecule has 1 aliphatic heterocycles. The van der Waals surface area contributed by atoms with Crippen LogP contribution in [0.5, 0.6) is 0 Å². The van der Waals surface area contributed by atoms with Crippen molar-refractivity contribution in [2.75, 3.05) is 27.3 Å². The molecule has 3 nitrogen and oxygen atoms in total. The first-order valence-electron chi connectivity index (χ1n) is 5.67. The van der Waals surface area contributed by atoms with Crippen LogP contribution >= 0.6 is 0 Å². The molecule has 0 saturated carbocycles. The highest BCUT2D eigenvalue weighted by Crippen LogP contribution is 2.35. The van der Waals surface area contributed by atoms with Gasteiger partial charge in [-0.15, -0.1) is 0 Å². The van der Waals surface area contributed by atoms with Crippen LogP contribution in [0.1, 0.15) is 12.0 Å². The molecule has 0 spiro atoms. The predicted octanol–water partition coefficient (Wildman–Crippen LogP) is 1.54. The average Bonchev–Trinajstić information content (AvgIpc) is 2.39. The predicted molar refractivity (Wildman–Crippen MR) is 63.4 cm³/mol. The maximum atomic E-state index is 5.80. The Morgan fingerprint density at radius 3 is 2.62 bits per heavy atom. The van der Waals surface area contributed by atoms with Crippen molar-refractivity contribution >= 4 is 0 Å². The molecule has 88 valence electrons. The minimum absolute atomic E-state index is 0.0636. The lowest BCUT2D eigenvalue weighted by Crippen LogP contribution is -2.53. The Labute approximate surface area is 96.8 Å². The number of piperidine rings is 1. The quantitative estimate of drug-likeness (QED) is 0.839. The van der Waals surface area contributed by atoms with Crippen molar-refractivity contribution < 1.29 is 9.47 Å². The number of ether oxygens (including phenoxy) is 2. The van der Waals surface area contributed by atoms with Gasteiger partial charge in [-0.2, -0.15) is 0 Å². The number of rotatable bonds is 3. The van der Waals surface area contributed by atoms with Crippen LogP contribution in [-0.4, -0.2) is 33.4 Å². The van der Waals surface area contributed by atoms with Crippen LogP contribution in [0.15, 0.2) is 30.3 Å². The molecule has 1 saturated heterocycles. The summed E-state index contributed by atoms with van der Waals surface area (Å²) in [7, 11) is 3.51. The summed E-state index contributed by atoms with van der Waals surface area (Å²) in [6.45, 7) is 1.79. The summed E-state index contributed by atoms with van der Waals surface area (Å²) in [5.41, 5.74) is 0.896. The lowest BCUT2D eigenvalue weighted by atomic mass is 9.82. The maximum absolute atomic E-state index is 5.80. The fourth-order valence-corrected chi connectivity index (χ4v) is 2.51. The molecule has 1 aliphatic rings. The van der Waals surface area contributed by atoms with E-state index in [-0.39, 0.29) is 11.7 Å². The van der Waals surface area contributed by atoms with E-state index in [1.807, 2.05) is 18.2 Å². The third-order valence-electron chi connectivity index (χ3n) is 3.43. The molecule has 0 amide bonds. The molecule has 0 unspecified atom stereocenters. The molecule has 2 atom stereocenters. The summed E-state index contributed by atoms with van der Waals surface area (Å²) in [5, 5.41) is 3.34. The smallest absolute Gasteiger partial charge is 0.121 e. The van der Waals surface area contributed by atoms with Gasteiger partial charge in [0.05, 0.1) is 0 Å². The topological polar surface area (TPSA) is 30.5 Å². The number of methoxy groups -OCH3 is 2. The second-order valence-corrected chi connectivity index (χ2v) is 4.14. The Hall–Kier alpha value is -0.900. The Balaban J connectivity index is 2.36. The molecule has 0 radical (unpaired) electrons. The van der Waals surface area contributed by atoms with E-state index in [0.29, 0.717) is 0 Å². The summed E-state index contributed by atoms with van der Waals surface area (Å²) in [6, 6.07) is 10.3. The van der Waals surface area contributed by atoms with Gasteiger partial charge in [-0.3, -0.25) is 0 Å². The summed E-state index contributed by atoms with van der Waals surface area (Å²) < 4.78 is 11.4. The molecular formula is C13H19NO2. The number of hydrogen-bond donors (Lipinski definition) is 1. The lowest BCUT2D eigenvalue weighted by molar-refractivity contribution is -0.137. The van der Waals surface area contributed by atoms with Crippen molar-refractivity contribution in [1.29, 1.82) is 0 Å². The fourth-order valence-electron chi connectivity index (χ4n) is 2.51.